The van der Waals surface area contributed by atoms with Gasteiger partial charge in [-0.05, 0) is 62.4 Å². The number of hydrogen-bond acceptors (Lipinski definition) is 3. The van der Waals surface area contributed by atoms with Gasteiger partial charge in [0.15, 0.2) is 0 Å². The second-order valence-electron chi connectivity index (χ2n) is 7.02. The molecule has 0 radical (unpaired) electrons. The molecule has 2 unspecified atom stereocenters. The van der Waals surface area contributed by atoms with Crippen LogP contribution in [0.25, 0.3) is 0 Å². The van der Waals surface area contributed by atoms with E-state index in [0.717, 1.165) is 18.6 Å². The molecule has 0 spiro atoms. The van der Waals surface area contributed by atoms with Gasteiger partial charge in [0.1, 0.15) is 0 Å². The predicted molar refractivity (Wildman–Crippen MR) is 87.9 cm³/mol. The normalized spacial score (nSPS) is 29.3. The fourth-order valence-corrected chi connectivity index (χ4v) is 4.50. The first-order valence-electron chi connectivity index (χ1n) is 8.61. The largest absolute Gasteiger partial charge is 0.374 e. The molecule has 0 amide bonds. The first-order chi connectivity index (χ1) is 10.3. The highest BCUT2D eigenvalue weighted by atomic mass is 15.2. The van der Waals surface area contributed by atoms with Crippen molar-refractivity contribution in [1.82, 2.24) is 10.2 Å². The topological polar surface area (TPSA) is 18.5 Å². The summed E-state index contributed by atoms with van der Waals surface area (Å²) in [7, 11) is 2.20. The first kappa shape index (κ1) is 13.6. The molecule has 1 aromatic rings. The zero-order chi connectivity index (χ0) is 14.2. The molecule has 4 rings (SSSR count). The van der Waals surface area contributed by atoms with Gasteiger partial charge >= 0.3 is 0 Å². The van der Waals surface area contributed by atoms with Crippen molar-refractivity contribution in [2.24, 2.45) is 0 Å². The zero-order valence-electron chi connectivity index (χ0n) is 13.1. The minimum absolute atomic E-state index is 0.744. The SMILES string of the molecule is CN1CCc2cc(CN3CCCC3C3CCCN3)ccc21. The van der Waals surface area contributed by atoms with E-state index < -0.39 is 0 Å². The van der Waals surface area contributed by atoms with E-state index in [-0.39, 0.29) is 0 Å². The van der Waals surface area contributed by atoms with E-state index in [2.05, 4.69) is 40.4 Å². The molecule has 2 saturated heterocycles. The van der Waals surface area contributed by atoms with E-state index in [0.29, 0.717) is 0 Å². The Hall–Kier alpha value is -1.06. The van der Waals surface area contributed by atoms with Crippen molar-refractivity contribution >= 4 is 5.69 Å². The Morgan fingerprint density at radius 3 is 3.00 bits per heavy atom. The molecule has 21 heavy (non-hydrogen) atoms. The van der Waals surface area contributed by atoms with E-state index in [9.17, 15) is 0 Å². The molecular formula is C18H27N3. The number of fused-ring (bicyclic) bond motifs is 1. The van der Waals surface area contributed by atoms with Gasteiger partial charge in [0.2, 0.25) is 0 Å². The van der Waals surface area contributed by atoms with E-state index in [1.807, 2.05) is 0 Å². The van der Waals surface area contributed by atoms with Crippen LogP contribution in [0.4, 0.5) is 5.69 Å². The highest BCUT2D eigenvalue weighted by molar-refractivity contribution is 5.58. The molecule has 3 heteroatoms. The van der Waals surface area contributed by atoms with E-state index >= 15 is 0 Å². The molecule has 1 N–H and O–H groups in total. The lowest BCUT2D eigenvalue weighted by Gasteiger charge is -2.29. The van der Waals surface area contributed by atoms with Gasteiger partial charge in [0, 0.05) is 37.9 Å². The Morgan fingerprint density at radius 1 is 1.19 bits per heavy atom. The molecule has 2 atom stereocenters. The van der Waals surface area contributed by atoms with Crippen LogP contribution in [0.3, 0.4) is 0 Å². The van der Waals surface area contributed by atoms with Crippen LogP contribution in [0.2, 0.25) is 0 Å². The summed E-state index contributed by atoms with van der Waals surface area (Å²) in [6.45, 7) is 4.82. The van der Waals surface area contributed by atoms with Gasteiger partial charge in [-0.15, -0.1) is 0 Å². The summed E-state index contributed by atoms with van der Waals surface area (Å²) >= 11 is 0. The van der Waals surface area contributed by atoms with Crippen LogP contribution in [0, 0.1) is 0 Å². The number of hydrogen-bond donors (Lipinski definition) is 1. The number of likely N-dealkylation sites (tertiary alicyclic amines) is 1. The second kappa shape index (κ2) is 5.62. The number of anilines is 1. The van der Waals surface area contributed by atoms with Crippen molar-refractivity contribution < 1.29 is 0 Å². The van der Waals surface area contributed by atoms with Crippen molar-refractivity contribution in [1.29, 1.82) is 0 Å². The summed E-state index contributed by atoms with van der Waals surface area (Å²) in [6, 6.07) is 8.64. The van der Waals surface area contributed by atoms with Gasteiger partial charge < -0.3 is 10.2 Å². The van der Waals surface area contributed by atoms with Crippen LogP contribution in [0.5, 0.6) is 0 Å². The lowest BCUT2D eigenvalue weighted by molar-refractivity contribution is 0.206. The van der Waals surface area contributed by atoms with Crippen LogP contribution in [0.15, 0.2) is 18.2 Å². The molecule has 0 aliphatic carbocycles. The van der Waals surface area contributed by atoms with Crippen LogP contribution in [-0.4, -0.2) is 43.7 Å². The number of nitrogens with one attached hydrogen (secondary N) is 1. The Kier molecular flexibility index (Phi) is 3.64. The Bertz CT molecular complexity index is 507. The van der Waals surface area contributed by atoms with Crippen molar-refractivity contribution in [3.8, 4) is 0 Å². The minimum Gasteiger partial charge on any atom is -0.374 e. The molecule has 114 valence electrons. The standard InChI is InChI=1S/C18H27N3/c1-20-11-8-15-12-14(6-7-17(15)20)13-21-10-3-5-18(21)16-4-2-9-19-16/h6-7,12,16,18-19H,2-5,8-11,13H2,1H3. The summed E-state index contributed by atoms with van der Waals surface area (Å²) in [6.07, 6.45) is 6.70. The van der Waals surface area contributed by atoms with Gasteiger partial charge in [-0.2, -0.15) is 0 Å². The molecule has 3 nitrogen and oxygen atoms in total. The van der Waals surface area contributed by atoms with Crippen LogP contribution < -0.4 is 10.2 Å². The maximum Gasteiger partial charge on any atom is 0.0397 e. The molecule has 0 saturated carbocycles. The van der Waals surface area contributed by atoms with Gasteiger partial charge in [0.05, 0.1) is 0 Å². The Labute approximate surface area is 128 Å². The molecule has 3 aliphatic heterocycles. The second-order valence-corrected chi connectivity index (χ2v) is 7.02. The molecule has 3 aliphatic rings. The van der Waals surface area contributed by atoms with Crippen LogP contribution in [-0.2, 0) is 13.0 Å². The summed E-state index contributed by atoms with van der Waals surface area (Å²) in [5.74, 6) is 0. The molecule has 1 aromatic carbocycles. The maximum atomic E-state index is 3.71. The van der Waals surface area contributed by atoms with E-state index in [1.54, 1.807) is 5.56 Å². The fraction of sp³-hybridized carbons (Fsp3) is 0.667. The monoisotopic (exact) mass is 285 g/mol. The van der Waals surface area contributed by atoms with Gasteiger partial charge in [-0.25, -0.2) is 0 Å². The maximum absolute atomic E-state index is 3.71. The lowest BCUT2D eigenvalue weighted by Crippen LogP contribution is -2.43. The number of benzene rings is 1. The van der Waals surface area contributed by atoms with Gasteiger partial charge in [-0.1, -0.05) is 12.1 Å². The van der Waals surface area contributed by atoms with E-state index in [4.69, 9.17) is 0 Å². The number of likely N-dealkylation sites (N-methyl/N-ethyl adjacent to an activating group) is 1. The van der Waals surface area contributed by atoms with Crippen LogP contribution >= 0.6 is 0 Å². The zero-order valence-corrected chi connectivity index (χ0v) is 13.1. The van der Waals surface area contributed by atoms with Crippen LogP contribution in [0.1, 0.15) is 36.8 Å². The minimum atomic E-state index is 0.744. The summed E-state index contributed by atoms with van der Waals surface area (Å²) < 4.78 is 0. The van der Waals surface area contributed by atoms with Crippen molar-refractivity contribution in [2.75, 3.05) is 31.6 Å². The lowest BCUT2D eigenvalue weighted by atomic mass is 10.0. The van der Waals surface area contributed by atoms with Crippen molar-refractivity contribution in [2.45, 2.75) is 50.7 Å². The average molecular weight is 285 g/mol. The number of rotatable bonds is 3. The van der Waals surface area contributed by atoms with Gasteiger partial charge in [0.25, 0.3) is 0 Å². The first-order valence-corrected chi connectivity index (χ1v) is 8.61. The average Bonchev–Trinajstić information content (AvgIpc) is 3.20. The molecule has 0 bridgehead atoms. The third kappa shape index (κ3) is 2.58. The molecule has 0 aromatic heterocycles. The van der Waals surface area contributed by atoms with E-state index in [1.165, 1.54) is 63.0 Å². The van der Waals surface area contributed by atoms with Gasteiger partial charge in [-0.3, -0.25) is 4.90 Å². The highest BCUT2D eigenvalue weighted by Gasteiger charge is 2.33. The number of nitrogens with zero attached hydrogens (tertiary/aromatic N) is 2. The summed E-state index contributed by atoms with van der Waals surface area (Å²) in [5.41, 5.74) is 4.49. The molecule has 2 fully saturated rings. The molecule has 3 heterocycles. The third-order valence-electron chi connectivity index (χ3n) is 5.63. The Balaban J connectivity index is 1.47. The smallest absolute Gasteiger partial charge is 0.0397 e. The quantitative estimate of drug-likeness (QED) is 0.920. The molecular weight excluding hydrogens is 258 g/mol. The predicted octanol–water partition coefficient (Wildman–Crippen LogP) is 2.40. The highest BCUT2D eigenvalue weighted by Crippen LogP contribution is 2.30. The van der Waals surface area contributed by atoms with Crippen molar-refractivity contribution in [3.05, 3.63) is 29.3 Å². The summed E-state index contributed by atoms with van der Waals surface area (Å²) in [5, 5.41) is 3.71. The van der Waals surface area contributed by atoms with Crippen molar-refractivity contribution in [3.63, 3.8) is 0 Å². The Morgan fingerprint density at radius 2 is 2.14 bits per heavy atom. The summed E-state index contributed by atoms with van der Waals surface area (Å²) in [4.78, 5) is 5.10. The third-order valence-corrected chi connectivity index (χ3v) is 5.63. The fourth-order valence-electron chi connectivity index (χ4n) is 4.50.